The Morgan fingerprint density at radius 1 is 0.745 bits per heavy atom. The molecule has 4 fully saturated rings. The van der Waals surface area contributed by atoms with Crippen LogP contribution < -0.4 is 26.2 Å². The van der Waals surface area contributed by atoms with Crippen LogP contribution in [-0.2, 0) is 19.0 Å². The molecule has 4 N–H and O–H groups in total. The van der Waals surface area contributed by atoms with Crippen LogP contribution in [0, 0.1) is 0 Å². The number of urea groups is 1. The maximum atomic E-state index is 12.9. The number of primary amides is 1. The molecular formula is C32H37N9O6. The van der Waals surface area contributed by atoms with Gasteiger partial charge in [-0.05, 0) is 61.4 Å². The molecule has 0 saturated carbocycles. The minimum Gasteiger partial charge on any atom is -0.378 e. The van der Waals surface area contributed by atoms with Crippen LogP contribution in [0.3, 0.4) is 0 Å². The van der Waals surface area contributed by atoms with Crippen LogP contribution in [-0.4, -0.2) is 115 Å². The van der Waals surface area contributed by atoms with Crippen molar-refractivity contribution in [1.29, 1.82) is 0 Å². The zero-order valence-corrected chi connectivity index (χ0v) is 25.8. The van der Waals surface area contributed by atoms with E-state index in [0.717, 1.165) is 12.0 Å². The number of nitrogens with two attached hydrogens (primary N) is 1. The molecule has 0 spiro atoms. The third-order valence-electron chi connectivity index (χ3n) is 8.78. The fraction of sp³-hybridized carbons (Fsp3) is 0.438. The highest BCUT2D eigenvalue weighted by Gasteiger charge is 2.38. The first-order valence-electron chi connectivity index (χ1n) is 15.9. The van der Waals surface area contributed by atoms with Crippen molar-refractivity contribution in [2.75, 3.05) is 79.6 Å². The molecule has 0 aliphatic carbocycles. The number of likely N-dealkylation sites (tertiary alicyclic amines) is 1. The number of morpholine rings is 1. The number of nitrogens with zero attached hydrogens (tertiary/aromatic N) is 6. The fourth-order valence-electron chi connectivity index (χ4n) is 6.32. The second-order valence-corrected chi connectivity index (χ2v) is 11.9. The van der Waals surface area contributed by atoms with Crippen molar-refractivity contribution in [3.05, 3.63) is 54.1 Å². The SMILES string of the molecule is NC(=O)[C@@H]1CCCN1C(=O)c1ccc(NC(=O)Nc2ccc(-c3nc(N4CCOCC4)nc(N4C[C@@H]5OCCO[C@H]5C4)n3)cc2)cc1. The summed E-state index contributed by atoms with van der Waals surface area (Å²) in [6, 6.07) is 12.8. The molecule has 0 unspecified atom stereocenters. The summed E-state index contributed by atoms with van der Waals surface area (Å²) in [6.45, 7) is 5.52. The Morgan fingerprint density at radius 2 is 1.34 bits per heavy atom. The number of nitrogens with one attached hydrogen (secondary N) is 2. The molecule has 4 saturated heterocycles. The Morgan fingerprint density at radius 3 is 1.96 bits per heavy atom. The van der Waals surface area contributed by atoms with Crippen molar-refractivity contribution < 1.29 is 28.6 Å². The quantitative estimate of drug-likeness (QED) is 0.342. The molecule has 3 aromatic rings. The van der Waals surface area contributed by atoms with E-state index in [4.69, 9.17) is 34.9 Å². The Kier molecular flexibility index (Phi) is 8.82. The summed E-state index contributed by atoms with van der Waals surface area (Å²) >= 11 is 0. The third-order valence-corrected chi connectivity index (χ3v) is 8.78. The molecule has 4 aliphatic heterocycles. The van der Waals surface area contributed by atoms with Crippen molar-refractivity contribution in [2.45, 2.75) is 31.1 Å². The van der Waals surface area contributed by atoms with Crippen LogP contribution in [0.15, 0.2) is 48.5 Å². The van der Waals surface area contributed by atoms with E-state index in [-0.39, 0.29) is 18.1 Å². The maximum Gasteiger partial charge on any atom is 0.323 e. The lowest BCUT2D eigenvalue weighted by Gasteiger charge is -2.28. The van der Waals surface area contributed by atoms with E-state index in [1.807, 2.05) is 12.1 Å². The second-order valence-electron chi connectivity index (χ2n) is 11.9. The number of aromatic nitrogens is 3. The summed E-state index contributed by atoms with van der Waals surface area (Å²) in [4.78, 5) is 57.5. The molecule has 47 heavy (non-hydrogen) atoms. The monoisotopic (exact) mass is 643 g/mol. The molecule has 2 aromatic carbocycles. The maximum absolute atomic E-state index is 12.9. The van der Waals surface area contributed by atoms with Crippen molar-refractivity contribution >= 4 is 41.1 Å². The molecular weight excluding hydrogens is 606 g/mol. The van der Waals surface area contributed by atoms with Crippen LogP contribution in [0.2, 0.25) is 0 Å². The van der Waals surface area contributed by atoms with Gasteiger partial charge in [0.25, 0.3) is 5.91 Å². The smallest absolute Gasteiger partial charge is 0.323 e. The summed E-state index contributed by atoms with van der Waals surface area (Å²) in [5.41, 5.74) is 7.73. The van der Waals surface area contributed by atoms with Crippen molar-refractivity contribution in [3.8, 4) is 11.4 Å². The van der Waals surface area contributed by atoms with Gasteiger partial charge in [-0.2, -0.15) is 15.0 Å². The standard InChI is InChI=1S/C32H37N9O6/c33-27(42)24-2-1-11-41(24)29(43)21-5-9-23(10-6-21)35-32(44)34-22-7-3-20(4-8-22)28-36-30(39-12-14-45-15-13-39)38-31(37-28)40-18-25-26(19-40)47-17-16-46-25/h3-10,24-26H,1-2,11-19H2,(H2,33,42)(H2,34,35,44)/t24-,25-,26-/m0/s1. The molecule has 15 nitrogen and oxygen atoms in total. The van der Waals surface area contributed by atoms with Gasteiger partial charge >= 0.3 is 6.03 Å². The molecule has 4 aliphatic rings. The van der Waals surface area contributed by atoms with E-state index < -0.39 is 18.0 Å². The topological polar surface area (TPSA) is 177 Å². The molecule has 3 atom stereocenters. The van der Waals surface area contributed by atoms with E-state index >= 15 is 0 Å². The highest BCUT2D eigenvalue weighted by atomic mass is 16.6. The van der Waals surface area contributed by atoms with Gasteiger partial charge in [-0.3, -0.25) is 9.59 Å². The van der Waals surface area contributed by atoms with Crippen LogP contribution >= 0.6 is 0 Å². The van der Waals surface area contributed by atoms with Gasteiger partial charge in [0, 0.05) is 55.2 Å². The summed E-state index contributed by atoms with van der Waals surface area (Å²) < 4.78 is 17.3. The molecule has 246 valence electrons. The van der Waals surface area contributed by atoms with E-state index in [1.165, 1.54) is 4.90 Å². The van der Waals surface area contributed by atoms with Crippen LogP contribution in [0.5, 0.6) is 0 Å². The highest BCUT2D eigenvalue weighted by molar-refractivity contribution is 6.01. The molecule has 5 heterocycles. The molecule has 0 radical (unpaired) electrons. The zero-order valence-electron chi connectivity index (χ0n) is 25.8. The minimum absolute atomic E-state index is 0.0151. The summed E-state index contributed by atoms with van der Waals surface area (Å²) in [7, 11) is 0. The summed E-state index contributed by atoms with van der Waals surface area (Å²) in [6.07, 6.45) is 1.27. The van der Waals surface area contributed by atoms with Crippen molar-refractivity contribution in [1.82, 2.24) is 19.9 Å². The van der Waals surface area contributed by atoms with Crippen molar-refractivity contribution in [2.24, 2.45) is 5.73 Å². The average molecular weight is 644 g/mol. The van der Waals surface area contributed by atoms with Crippen LogP contribution in [0.25, 0.3) is 11.4 Å². The van der Waals surface area contributed by atoms with Gasteiger partial charge < -0.3 is 45.3 Å². The number of hydrogen-bond donors (Lipinski definition) is 3. The molecule has 0 bridgehead atoms. The zero-order chi connectivity index (χ0) is 32.3. The molecule has 15 heteroatoms. The predicted octanol–water partition coefficient (Wildman–Crippen LogP) is 1.71. The first kappa shape index (κ1) is 30.8. The Balaban J connectivity index is 1.02. The first-order valence-corrected chi connectivity index (χ1v) is 15.9. The normalized spacial score (nSPS) is 22.6. The number of ether oxygens (including phenoxy) is 3. The molecule has 7 rings (SSSR count). The highest BCUT2D eigenvalue weighted by Crippen LogP contribution is 2.28. The van der Waals surface area contributed by atoms with E-state index in [9.17, 15) is 14.4 Å². The van der Waals surface area contributed by atoms with Crippen LogP contribution in [0.4, 0.5) is 28.1 Å². The van der Waals surface area contributed by atoms with Crippen molar-refractivity contribution in [3.63, 3.8) is 0 Å². The summed E-state index contributed by atoms with van der Waals surface area (Å²) in [5, 5.41) is 5.61. The number of carbonyl (C=O) groups excluding carboxylic acids is 3. The minimum atomic E-state index is -0.587. The molecule has 1 aromatic heterocycles. The number of anilines is 4. The largest absolute Gasteiger partial charge is 0.378 e. The third kappa shape index (κ3) is 6.82. The average Bonchev–Trinajstić information content (AvgIpc) is 3.77. The summed E-state index contributed by atoms with van der Waals surface area (Å²) in [5.74, 6) is 0.925. The van der Waals surface area contributed by atoms with Gasteiger partial charge in [0.15, 0.2) is 5.82 Å². The van der Waals surface area contributed by atoms with Gasteiger partial charge in [-0.15, -0.1) is 0 Å². The van der Waals surface area contributed by atoms with E-state index in [0.29, 0.717) is 100 Å². The fourth-order valence-corrected chi connectivity index (χ4v) is 6.32. The van der Waals surface area contributed by atoms with Gasteiger partial charge in [0.1, 0.15) is 18.2 Å². The first-order chi connectivity index (χ1) is 22.9. The van der Waals surface area contributed by atoms with Gasteiger partial charge in [0.2, 0.25) is 17.8 Å². The lowest BCUT2D eigenvalue weighted by molar-refractivity contribution is -0.121. The van der Waals surface area contributed by atoms with Gasteiger partial charge in [-0.25, -0.2) is 4.79 Å². The lowest BCUT2D eigenvalue weighted by Crippen LogP contribution is -2.43. The van der Waals surface area contributed by atoms with Crippen LogP contribution in [0.1, 0.15) is 23.2 Å². The van der Waals surface area contributed by atoms with E-state index in [2.05, 4.69) is 20.4 Å². The van der Waals surface area contributed by atoms with Gasteiger partial charge in [0.05, 0.1) is 26.4 Å². The lowest BCUT2D eigenvalue weighted by atomic mass is 10.1. The number of carbonyl (C=O) groups is 3. The number of benzene rings is 2. The van der Waals surface area contributed by atoms with E-state index in [1.54, 1.807) is 36.4 Å². The Bertz CT molecular complexity index is 1600. The predicted molar refractivity (Wildman–Crippen MR) is 172 cm³/mol. The second kappa shape index (κ2) is 13.5. The number of fused-ring (bicyclic) bond motifs is 1. The number of rotatable bonds is 7. The Labute approximate surface area is 271 Å². The Hall–Kier alpha value is -4.86. The van der Waals surface area contributed by atoms with Gasteiger partial charge in [-0.1, -0.05) is 0 Å². The number of hydrogen-bond acceptors (Lipinski definition) is 11. The molecule has 4 amide bonds. The number of amides is 4.